The molecule has 1 aliphatic rings. The van der Waals surface area contributed by atoms with Gasteiger partial charge in [-0.2, -0.15) is 0 Å². The van der Waals surface area contributed by atoms with Crippen LogP contribution in [0.1, 0.15) is 22.8 Å². The molecule has 0 aliphatic carbocycles. The molecule has 1 aromatic rings. The number of ether oxygens (including phenoxy) is 1. The Labute approximate surface area is 121 Å². The van der Waals surface area contributed by atoms with Gasteiger partial charge in [0, 0.05) is 24.0 Å². The fourth-order valence-corrected chi connectivity index (χ4v) is 2.58. The fourth-order valence-electron chi connectivity index (χ4n) is 2.22. The quantitative estimate of drug-likeness (QED) is 0.848. The Morgan fingerprint density at radius 3 is 2.89 bits per heavy atom. The van der Waals surface area contributed by atoms with Gasteiger partial charge in [0.25, 0.3) is 5.91 Å². The lowest BCUT2D eigenvalue weighted by Gasteiger charge is -2.36. The van der Waals surface area contributed by atoms with E-state index in [0.717, 1.165) is 5.56 Å². The van der Waals surface area contributed by atoms with Crippen molar-refractivity contribution in [3.05, 3.63) is 29.3 Å². The van der Waals surface area contributed by atoms with Gasteiger partial charge in [0.1, 0.15) is 5.75 Å². The van der Waals surface area contributed by atoms with Crippen molar-refractivity contribution >= 4 is 21.8 Å². The maximum Gasteiger partial charge on any atom is 0.254 e. The molecular formula is C14H18BrNO3. The van der Waals surface area contributed by atoms with Crippen LogP contribution < -0.4 is 0 Å². The summed E-state index contributed by atoms with van der Waals surface area (Å²) in [5.41, 5.74) is 1.29. The minimum Gasteiger partial charge on any atom is -0.508 e. The first-order chi connectivity index (χ1) is 9.01. The van der Waals surface area contributed by atoms with E-state index in [0.29, 0.717) is 24.0 Å². The van der Waals surface area contributed by atoms with Crippen molar-refractivity contribution in [3.8, 4) is 5.75 Å². The van der Waals surface area contributed by atoms with Gasteiger partial charge < -0.3 is 14.7 Å². The summed E-state index contributed by atoms with van der Waals surface area (Å²) in [5.74, 6) is 0.0978. The van der Waals surface area contributed by atoms with E-state index in [1.54, 1.807) is 24.0 Å². The molecule has 0 aromatic heterocycles. The van der Waals surface area contributed by atoms with Crippen LogP contribution in [0.15, 0.2) is 18.2 Å². The largest absolute Gasteiger partial charge is 0.508 e. The molecule has 104 valence electrons. The molecule has 1 saturated heterocycles. The number of phenolic OH excluding ortho intramolecular Hbond substituents is 1. The zero-order chi connectivity index (χ0) is 14.0. The molecule has 1 aliphatic heterocycles. The molecule has 4 nitrogen and oxygen atoms in total. The summed E-state index contributed by atoms with van der Waals surface area (Å²) < 4.78 is 5.70. The van der Waals surface area contributed by atoms with Gasteiger partial charge in [-0.1, -0.05) is 22.0 Å². The predicted octanol–water partition coefficient (Wildman–Crippen LogP) is 2.33. The van der Waals surface area contributed by atoms with Crippen molar-refractivity contribution in [2.75, 3.05) is 18.4 Å². The standard InChI is InChI=1S/C14H18BrNO3/c1-9-3-4-11(5-13(9)17)14(18)16-7-10(2)19-12(6-15)8-16/h3-5,10,12,17H,6-8H2,1-2H3. The molecule has 2 rings (SSSR count). The third-order valence-corrected chi connectivity index (χ3v) is 3.96. The Hall–Kier alpha value is -1.07. The summed E-state index contributed by atoms with van der Waals surface area (Å²) in [6.45, 7) is 4.92. The van der Waals surface area contributed by atoms with Gasteiger partial charge in [0.15, 0.2) is 0 Å². The second-order valence-electron chi connectivity index (χ2n) is 4.93. The van der Waals surface area contributed by atoms with Crippen LogP contribution in [0.4, 0.5) is 0 Å². The van der Waals surface area contributed by atoms with Crippen LogP contribution in [-0.4, -0.2) is 46.5 Å². The van der Waals surface area contributed by atoms with Gasteiger partial charge in [-0.05, 0) is 31.5 Å². The maximum absolute atomic E-state index is 12.4. The Morgan fingerprint density at radius 1 is 1.53 bits per heavy atom. The Balaban J connectivity index is 2.16. The molecule has 0 bridgehead atoms. The van der Waals surface area contributed by atoms with E-state index in [2.05, 4.69) is 15.9 Å². The lowest BCUT2D eigenvalue weighted by Crippen LogP contribution is -2.49. The SMILES string of the molecule is Cc1ccc(C(=O)N2CC(C)OC(CBr)C2)cc1O. The van der Waals surface area contributed by atoms with E-state index < -0.39 is 0 Å². The van der Waals surface area contributed by atoms with Crippen LogP contribution in [0.2, 0.25) is 0 Å². The first kappa shape index (κ1) is 14.3. The number of hydrogen-bond donors (Lipinski definition) is 1. The second kappa shape index (κ2) is 5.92. The molecule has 1 amide bonds. The molecule has 1 fully saturated rings. The van der Waals surface area contributed by atoms with E-state index in [1.165, 1.54) is 6.07 Å². The second-order valence-corrected chi connectivity index (χ2v) is 5.58. The highest BCUT2D eigenvalue weighted by molar-refractivity contribution is 9.09. The normalized spacial score (nSPS) is 23.4. The van der Waals surface area contributed by atoms with Crippen molar-refractivity contribution in [2.45, 2.75) is 26.1 Å². The maximum atomic E-state index is 12.4. The van der Waals surface area contributed by atoms with E-state index in [9.17, 15) is 9.90 Å². The molecule has 0 saturated carbocycles. The van der Waals surface area contributed by atoms with Gasteiger partial charge in [0.05, 0.1) is 12.2 Å². The first-order valence-corrected chi connectivity index (χ1v) is 7.43. The van der Waals surface area contributed by atoms with E-state index in [4.69, 9.17) is 4.74 Å². The molecule has 19 heavy (non-hydrogen) atoms. The minimum absolute atomic E-state index is 0.0201. The average Bonchev–Trinajstić information content (AvgIpc) is 2.40. The van der Waals surface area contributed by atoms with Gasteiger partial charge >= 0.3 is 0 Å². The van der Waals surface area contributed by atoms with E-state index in [1.807, 2.05) is 6.92 Å². The number of halogens is 1. The molecule has 2 unspecified atom stereocenters. The fraction of sp³-hybridized carbons (Fsp3) is 0.500. The van der Waals surface area contributed by atoms with Crippen LogP contribution in [0.25, 0.3) is 0 Å². The van der Waals surface area contributed by atoms with Crippen LogP contribution in [0.5, 0.6) is 5.75 Å². The van der Waals surface area contributed by atoms with Crippen molar-refractivity contribution in [3.63, 3.8) is 0 Å². The van der Waals surface area contributed by atoms with Crippen LogP contribution in [0.3, 0.4) is 0 Å². The van der Waals surface area contributed by atoms with Gasteiger partial charge in [0.2, 0.25) is 0 Å². The zero-order valence-corrected chi connectivity index (χ0v) is 12.7. The number of aromatic hydroxyl groups is 1. The summed E-state index contributed by atoms with van der Waals surface area (Å²) in [4.78, 5) is 14.2. The zero-order valence-electron chi connectivity index (χ0n) is 11.1. The summed E-state index contributed by atoms with van der Waals surface area (Å²) >= 11 is 3.39. The molecule has 0 spiro atoms. The number of aryl methyl sites for hydroxylation is 1. The average molecular weight is 328 g/mol. The van der Waals surface area contributed by atoms with Crippen molar-refractivity contribution in [1.82, 2.24) is 4.90 Å². The summed E-state index contributed by atoms with van der Waals surface area (Å²) in [5, 5.41) is 10.4. The molecular weight excluding hydrogens is 310 g/mol. The van der Waals surface area contributed by atoms with Gasteiger partial charge in [-0.15, -0.1) is 0 Å². The summed E-state index contributed by atoms with van der Waals surface area (Å²) in [6.07, 6.45) is 0.0473. The predicted molar refractivity (Wildman–Crippen MR) is 76.9 cm³/mol. The number of hydrogen-bond acceptors (Lipinski definition) is 3. The molecule has 2 atom stereocenters. The molecule has 1 aromatic carbocycles. The highest BCUT2D eigenvalue weighted by Crippen LogP contribution is 2.21. The smallest absolute Gasteiger partial charge is 0.254 e. The summed E-state index contributed by atoms with van der Waals surface area (Å²) in [7, 11) is 0. The summed E-state index contributed by atoms with van der Waals surface area (Å²) in [6, 6.07) is 5.04. The van der Waals surface area contributed by atoms with Crippen LogP contribution >= 0.6 is 15.9 Å². The Kier molecular flexibility index (Phi) is 4.47. The number of amides is 1. The first-order valence-electron chi connectivity index (χ1n) is 6.31. The van der Waals surface area contributed by atoms with Crippen molar-refractivity contribution < 1.29 is 14.6 Å². The lowest BCUT2D eigenvalue weighted by molar-refractivity contribution is -0.0559. The number of alkyl halides is 1. The van der Waals surface area contributed by atoms with Crippen LogP contribution in [0, 0.1) is 6.92 Å². The topological polar surface area (TPSA) is 49.8 Å². The number of nitrogens with zero attached hydrogens (tertiary/aromatic N) is 1. The minimum atomic E-state index is -0.0589. The molecule has 1 heterocycles. The van der Waals surface area contributed by atoms with E-state index >= 15 is 0 Å². The van der Waals surface area contributed by atoms with Gasteiger partial charge in [-0.3, -0.25) is 4.79 Å². The van der Waals surface area contributed by atoms with Gasteiger partial charge in [-0.25, -0.2) is 0 Å². The third kappa shape index (κ3) is 3.28. The number of carbonyl (C=O) groups is 1. The number of morpholine rings is 1. The molecule has 0 radical (unpaired) electrons. The van der Waals surface area contributed by atoms with Crippen LogP contribution in [-0.2, 0) is 4.74 Å². The van der Waals surface area contributed by atoms with E-state index in [-0.39, 0.29) is 23.9 Å². The monoisotopic (exact) mass is 327 g/mol. The third-order valence-electron chi connectivity index (χ3n) is 3.24. The molecule has 1 N–H and O–H groups in total. The Bertz CT molecular complexity index is 478. The highest BCUT2D eigenvalue weighted by atomic mass is 79.9. The number of rotatable bonds is 2. The number of benzene rings is 1. The number of carbonyl (C=O) groups excluding carboxylic acids is 1. The van der Waals surface area contributed by atoms with Crippen molar-refractivity contribution in [1.29, 1.82) is 0 Å². The molecule has 5 heteroatoms. The Morgan fingerprint density at radius 2 is 2.26 bits per heavy atom. The number of phenols is 1. The lowest BCUT2D eigenvalue weighted by atomic mass is 10.1. The highest BCUT2D eigenvalue weighted by Gasteiger charge is 2.28. The van der Waals surface area contributed by atoms with Crippen molar-refractivity contribution in [2.24, 2.45) is 0 Å².